The number of carboxylic acid groups (broad SMARTS) is 1. The Morgan fingerprint density at radius 2 is 1.90 bits per heavy atom. The lowest BCUT2D eigenvalue weighted by Gasteiger charge is -2.35. The van der Waals surface area contributed by atoms with Crippen LogP contribution >= 0.6 is 0 Å². The lowest BCUT2D eigenvalue weighted by molar-refractivity contribution is -0.128. The summed E-state index contributed by atoms with van der Waals surface area (Å²) in [5, 5.41) is 11.6. The summed E-state index contributed by atoms with van der Waals surface area (Å²) < 4.78 is 0. The highest BCUT2D eigenvalue weighted by atomic mass is 16.4. The zero-order valence-electron chi connectivity index (χ0n) is 11.8. The van der Waals surface area contributed by atoms with Crippen LogP contribution in [-0.2, 0) is 4.79 Å². The Kier molecular flexibility index (Phi) is 4.57. The van der Waals surface area contributed by atoms with Crippen molar-refractivity contribution in [3.63, 3.8) is 0 Å². The van der Waals surface area contributed by atoms with Gasteiger partial charge in [0.15, 0.2) is 0 Å². The van der Waals surface area contributed by atoms with Gasteiger partial charge in [-0.3, -0.25) is 9.59 Å². The molecule has 0 aliphatic carbocycles. The number of benzene rings is 1. The highest BCUT2D eigenvalue weighted by Gasteiger charge is 2.32. The smallest absolute Gasteiger partial charge is 0.335 e. The molecule has 1 aromatic carbocycles. The Hall–Kier alpha value is -2.37. The minimum absolute atomic E-state index is 0.126. The maximum atomic E-state index is 12.5. The monoisotopic (exact) mass is 290 g/mol. The highest BCUT2D eigenvalue weighted by molar-refractivity contribution is 5.99. The number of rotatable bonds is 4. The third-order valence-corrected chi connectivity index (χ3v) is 3.53. The van der Waals surface area contributed by atoms with Crippen molar-refractivity contribution in [3.8, 4) is 0 Å². The molecule has 21 heavy (non-hydrogen) atoms. The number of nitrogens with zero attached hydrogens (tertiary/aromatic N) is 1. The summed E-state index contributed by atoms with van der Waals surface area (Å²) in [4.78, 5) is 36.8. The second kappa shape index (κ2) is 6.39. The molecule has 1 heterocycles. The van der Waals surface area contributed by atoms with Crippen molar-refractivity contribution >= 4 is 17.8 Å². The van der Waals surface area contributed by atoms with Crippen LogP contribution in [0.4, 0.5) is 0 Å². The van der Waals surface area contributed by atoms with Gasteiger partial charge in [0.25, 0.3) is 5.91 Å². The van der Waals surface area contributed by atoms with Crippen molar-refractivity contribution in [1.82, 2.24) is 10.2 Å². The minimum atomic E-state index is -1.03. The lowest BCUT2D eigenvalue weighted by Crippen LogP contribution is -2.57. The van der Waals surface area contributed by atoms with E-state index in [0.29, 0.717) is 25.1 Å². The molecule has 2 N–H and O–H groups in total. The highest BCUT2D eigenvalue weighted by Crippen LogP contribution is 2.16. The molecule has 0 bridgehead atoms. The molecular weight excluding hydrogens is 272 g/mol. The molecule has 2 amide bonds. The van der Waals surface area contributed by atoms with Crippen LogP contribution in [0.5, 0.6) is 0 Å². The van der Waals surface area contributed by atoms with E-state index < -0.39 is 12.0 Å². The van der Waals surface area contributed by atoms with Gasteiger partial charge in [0.2, 0.25) is 5.91 Å². The molecule has 1 unspecified atom stereocenters. The van der Waals surface area contributed by atoms with Crippen LogP contribution in [-0.4, -0.2) is 46.9 Å². The number of hydrogen-bond donors (Lipinski definition) is 2. The first-order chi connectivity index (χ1) is 10.0. The fourth-order valence-electron chi connectivity index (χ4n) is 2.44. The molecule has 1 aromatic rings. The van der Waals surface area contributed by atoms with Crippen LogP contribution < -0.4 is 5.32 Å². The van der Waals surface area contributed by atoms with Crippen molar-refractivity contribution in [2.24, 2.45) is 0 Å². The number of hydrogen-bond acceptors (Lipinski definition) is 3. The summed E-state index contributed by atoms with van der Waals surface area (Å²) in [6, 6.07) is 5.32. The quantitative estimate of drug-likeness (QED) is 0.870. The number of carbonyl (C=O) groups excluding carboxylic acids is 2. The molecule has 1 aliphatic heterocycles. The van der Waals surface area contributed by atoms with Gasteiger partial charge in [0.05, 0.1) is 5.56 Å². The van der Waals surface area contributed by atoms with E-state index in [1.54, 1.807) is 4.90 Å². The van der Waals surface area contributed by atoms with Gasteiger partial charge in [-0.2, -0.15) is 0 Å². The fraction of sp³-hybridized carbons (Fsp3) is 0.400. The predicted molar refractivity (Wildman–Crippen MR) is 76.1 cm³/mol. The van der Waals surface area contributed by atoms with Crippen molar-refractivity contribution < 1.29 is 19.5 Å². The van der Waals surface area contributed by atoms with Crippen molar-refractivity contribution in [3.05, 3.63) is 35.4 Å². The summed E-state index contributed by atoms with van der Waals surface area (Å²) in [5.74, 6) is -1.39. The second-order valence-electron chi connectivity index (χ2n) is 4.98. The van der Waals surface area contributed by atoms with E-state index in [0.717, 1.165) is 6.42 Å². The van der Waals surface area contributed by atoms with Gasteiger partial charge in [-0.05, 0) is 30.7 Å². The molecule has 0 aromatic heterocycles. The van der Waals surface area contributed by atoms with E-state index in [1.165, 1.54) is 24.3 Å². The maximum absolute atomic E-state index is 12.5. The van der Waals surface area contributed by atoms with Gasteiger partial charge in [0, 0.05) is 18.7 Å². The lowest BCUT2D eigenvalue weighted by atomic mass is 10.0. The molecule has 0 saturated carbocycles. The van der Waals surface area contributed by atoms with Gasteiger partial charge >= 0.3 is 5.97 Å². The van der Waals surface area contributed by atoms with Crippen LogP contribution in [0.1, 0.15) is 40.5 Å². The number of aromatic carboxylic acids is 1. The van der Waals surface area contributed by atoms with Crippen LogP contribution in [0.2, 0.25) is 0 Å². The molecule has 0 radical (unpaired) electrons. The number of piperazine rings is 1. The first-order valence-corrected chi connectivity index (χ1v) is 6.96. The molecule has 1 fully saturated rings. The Morgan fingerprint density at radius 3 is 2.48 bits per heavy atom. The molecule has 0 spiro atoms. The van der Waals surface area contributed by atoms with Gasteiger partial charge in [-0.25, -0.2) is 4.79 Å². The summed E-state index contributed by atoms with van der Waals surface area (Å²) in [7, 11) is 0. The Morgan fingerprint density at radius 1 is 1.29 bits per heavy atom. The standard InChI is InChI=1S/C15H18N2O4/c1-2-3-12-13(18)16-8-9-17(12)14(19)10-4-6-11(7-5-10)15(20)21/h4-7,12H,2-3,8-9H2,1H3,(H,16,18)(H,20,21). The van der Waals surface area contributed by atoms with Crippen molar-refractivity contribution in [1.29, 1.82) is 0 Å². The molecular formula is C15H18N2O4. The average molecular weight is 290 g/mol. The third kappa shape index (κ3) is 3.21. The van der Waals surface area contributed by atoms with E-state index in [4.69, 9.17) is 5.11 Å². The topological polar surface area (TPSA) is 86.7 Å². The zero-order chi connectivity index (χ0) is 15.4. The Bertz CT molecular complexity index is 553. The number of amides is 2. The SMILES string of the molecule is CCCC1C(=O)NCCN1C(=O)c1ccc(C(=O)O)cc1. The molecule has 1 aliphatic rings. The number of nitrogens with one attached hydrogen (secondary N) is 1. The molecule has 1 saturated heterocycles. The summed E-state index contributed by atoms with van der Waals surface area (Å²) in [6.07, 6.45) is 1.42. The van der Waals surface area contributed by atoms with E-state index in [2.05, 4.69) is 5.32 Å². The third-order valence-electron chi connectivity index (χ3n) is 3.53. The minimum Gasteiger partial charge on any atom is -0.478 e. The Balaban J connectivity index is 2.20. The molecule has 1 atom stereocenters. The average Bonchev–Trinajstić information content (AvgIpc) is 2.49. The number of carboxylic acids is 1. The summed E-state index contributed by atoms with van der Waals surface area (Å²) in [6.45, 7) is 2.88. The number of carbonyl (C=O) groups is 3. The van der Waals surface area contributed by atoms with E-state index in [1.807, 2.05) is 6.92 Å². The van der Waals surface area contributed by atoms with Crippen LogP contribution in [0, 0.1) is 0 Å². The second-order valence-corrected chi connectivity index (χ2v) is 4.98. The first kappa shape index (κ1) is 15.0. The zero-order valence-corrected chi connectivity index (χ0v) is 11.8. The first-order valence-electron chi connectivity index (χ1n) is 6.96. The van der Waals surface area contributed by atoms with Crippen LogP contribution in [0.25, 0.3) is 0 Å². The summed E-state index contributed by atoms with van der Waals surface area (Å²) >= 11 is 0. The van der Waals surface area contributed by atoms with E-state index >= 15 is 0 Å². The maximum Gasteiger partial charge on any atom is 0.335 e. The largest absolute Gasteiger partial charge is 0.478 e. The van der Waals surface area contributed by atoms with Crippen LogP contribution in [0.15, 0.2) is 24.3 Å². The molecule has 112 valence electrons. The van der Waals surface area contributed by atoms with Crippen molar-refractivity contribution in [2.45, 2.75) is 25.8 Å². The van der Waals surface area contributed by atoms with E-state index in [9.17, 15) is 14.4 Å². The Labute approximate surface area is 122 Å². The molecule has 6 nitrogen and oxygen atoms in total. The fourth-order valence-corrected chi connectivity index (χ4v) is 2.44. The normalized spacial score (nSPS) is 18.2. The van der Waals surface area contributed by atoms with Gasteiger partial charge < -0.3 is 15.3 Å². The van der Waals surface area contributed by atoms with Gasteiger partial charge in [0.1, 0.15) is 6.04 Å². The summed E-state index contributed by atoms with van der Waals surface area (Å²) in [5.41, 5.74) is 0.531. The molecule has 2 rings (SSSR count). The van der Waals surface area contributed by atoms with Crippen LogP contribution in [0.3, 0.4) is 0 Å². The predicted octanol–water partition coefficient (Wildman–Crippen LogP) is 1.13. The van der Waals surface area contributed by atoms with E-state index in [-0.39, 0.29) is 17.4 Å². The van der Waals surface area contributed by atoms with Gasteiger partial charge in [-0.1, -0.05) is 13.3 Å². The van der Waals surface area contributed by atoms with Crippen molar-refractivity contribution in [2.75, 3.05) is 13.1 Å². The van der Waals surface area contributed by atoms with Gasteiger partial charge in [-0.15, -0.1) is 0 Å². The molecule has 6 heteroatoms.